The third-order valence-corrected chi connectivity index (χ3v) is 10.7. The number of carbonyl (C=O) groups is 2. The first-order chi connectivity index (χ1) is 26.5. The first kappa shape index (κ1) is 52.3. The molecular formula is C48H91NO5. The lowest BCUT2D eigenvalue weighted by Crippen LogP contribution is -2.46. The molecule has 3 unspecified atom stereocenters. The molecule has 6 nitrogen and oxygen atoms in total. The molecule has 0 aromatic carbocycles. The Balaban J connectivity index is 4.46. The highest BCUT2D eigenvalue weighted by Crippen LogP contribution is 2.17. The second-order valence-electron chi connectivity index (χ2n) is 16.2. The van der Waals surface area contributed by atoms with Gasteiger partial charge in [-0.3, -0.25) is 9.59 Å². The fourth-order valence-electron chi connectivity index (χ4n) is 7.13. The predicted molar refractivity (Wildman–Crippen MR) is 232 cm³/mol. The Bertz CT molecular complexity index is 858. The fourth-order valence-corrected chi connectivity index (χ4v) is 7.13. The van der Waals surface area contributed by atoms with E-state index < -0.39 is 18.2 Å². The van der Waals surface area contributed by atoms with Crippen molar-refractivity contribution in [1.82, 2.24) is 5.32 Å². The summed E-state index contributed by atoms with van der Waals surface area (Å²) >= 11 is 0. The van der Waals surface area contributed by atoms with Crippen LogP contribution in [0.3, 0.4) is 0 Å². The molecule has 0 bridgehead atoms. The molecule has 1 amide bonds. The van der Waals surface area contributed by atoms with E-state index in [1.165, 1.54) is 116 Å². The molecule has 318 valence electrons. The van der Waals surface area contributed by atoms with Gasteiger partial charge in [-0.15, -0.1) is 0 Å². The van der Waals surface area contributed by atoms with E-state index in [4.69, 9.17) is 4.74 Å². The largest absolute Gasteiger partial charge is 0.462 e. The molecule has 3 atom stereocenters. The van der Waals surface area contributed by atoms with Crippen LogP contribution >= 0.6 is 0 Å². The van der Waals surface area contributed by atoms with Crippen LogP contribution in [-0.2, 0) is 14.3 Å². The van der Waals surface area contributed by atoms with Crippen molar-refractivity contribution in [2.45, 2.75) is 264 Å². The monoisotopic (exact) mass is 762 g/mol. The van der Waals surface area contributed by atoms with Crippen LogP contribution in [0.25, 0.3) is 0 Å². The second kappa shape index (κ2) is 42.5. The summed E-state index contributed by atoms with van der Waals surface area (Å²) < 4.78 is 5.88. The number of rotatable bonds is 42. The van der Waals surface area contributed by atoms with Crippen molar-refractivity contribution in [3.05, 3.63) is 24.3 Å². The van der Waals surface area contributed by atoms with Crippen molar-refractivity contribution in [3.8, 4) is 0 Å². The Hall–Kier alpha value is -1.66. The normalized spacial score (nSPS) is 13.5. The lowest BCUT2D eigenvalue weighted by atomic mass is 10.0. The van der Waals surface area contributed by atoms with Gasteiger partial charge in [0.05, 0.1) is 25.2 Å². The van der Waals surface area contributed by atoms with Crippen molar-refractivity contribution >= 4 is 11.9 Å². The number of aliphatic hydroxyl groups is 2. The molecule has 0 spiro atoms. The smallest absolute Gasteiger partial charge is 0.306 e. The highest BCUT2D eigenvalue weighted by atomic mass is 16.5. The number of hydrogen-bond donors (Lipinski definition) is 3. The summed E-state index contributed by atoms with van der Waals surface area (Å²) in [7, 11) is 0. The number of ether oxygens (including phenoxy) is 1. The minimum absolute atomic E-state index is 0.0658. The van der Waals surface area contributed by atoms with Gasteiger partial charge in [0.15, 0.2) is 0 Å². The van der Waals surface area contributed by atoms with E-state index in [2.05, 4.69) is 50.4 Å². The molecule has 0 aliphatic rings. The van der Waals surface area contributed by atoms with Crippen molar-refractivity contribution in [1.29, 1.82) is 0 Å². The summed E-state index contributed by atoms with van der Waals surface area (Å²) in [6.45, 7) is 6.39. The van der Waals surface area contributed by atoms with Gasteiger partial charge in [0.2, 0.25) is 5.91 Å². The molecule has 0 aromatic heterocycles. The molecule has 0 fully saturated rings. The van der Waals surface area contributed by atoms with E-state index in [1.807, 2.05) is 0 Å². The quantitative estimate of drug-likeness (QED) is 0.0327. The van der Waals surface area contributed by atoms with Crippen LogP contribution in [0.2, 0.25) is 0 Å². The summed E-state index contributed by atoms with van der Waals surface area (Å²) in [4.78, 5) is 25.9. The maximum atomic E-state index is 13.1. The predicted octanol–water partition coefficient (Wildman–Crippen LogP) is 13.6. The van der Waals surface area contributed by atoms with E-state index in [1.54, 1.807) is 0 Å². The maximum Gasteiger partial charge on any atom is 0.306 e. The molecule has 0 saturated carbocycles. The van der Waals surface area contributed by atoms with E-state index in [9.17, 15) is 19.8 Å². The number of aliphatic hydroxyl groups excluding tert-OH is 2. The first-order valence-corrected chi connectivity index (χ1v) is 23.6. The number of nitrogens with one attached hydrogen (secondary N) is 1. The number of amides is 1. The van der Waals surface area contributed by atoms with E-state index in [0.717, 1.165) is 83.5 Å². The first-order valence-electron chi connectivity index (χ1n) is 23.6. The average Bonchev–Trinajstić information content (AvgIpc) is 3.16. The van der Waals surface area contributed by atoms with Crippen LogP contribution < -0.4 is 5.32 Å². The number of hydrogen-bond acceptors (Lipinski definition) is 5. The average molecular weight is 762 g/mol. The van der Waals surface area contributed by atoms with E-state index >= 15 is 0 Å². The summed E-state index contributed by atoms with van der Waals surface area (Å²) in [5.41, 5.74) is 0. The molecule has 0 rings (SSSR count). The zero-order valence-electron chi connectivity index (χ0n) is 36.1. The highest BCUT2D eigenvalue weighted by Gasteiger charge is 2.24. The number of esters is 1. The van der Waals surface area contributed by atoms with Crippen molar-refractivity contribution in [2.75, 3.05) is 6.61 Å². The summed E-state index contributed by atoms with van der Waals surface area (Å²) in [5.74, 6) is -0.498. The number of allylic oxidation sites excluding steroid dienone is 4. The zero-order valence-corrected chi connectivity index (χ0v) is 36.1. The summed E-state index contributed by atoms with van der Waals surface area (Å²) in [6.07, 6.45) is 46.8. The lowest BCUT2D eigenvalue weighted by molar-refractivity contribution is -0.151. The highest BCUT2D eigenvalue weighted by molar-refractivity contribution is 5.77. The third kappa shape index (κ3) is 37.3. The Morgan fingerprint density at radius 3 is 1.41 bits per heavy atom. The van der Waals surface area contributed by atoms with Crippen LogP contribution in [0.4, 0.5) is 0 Å². The van der Waals surface area contributed by atoms with Crippen LogP contribution in [0, 0.1) is 0 Å². The number of carbonyl (C=O) groups excluding carboxylic acids is 2. The third-order valence-electron chi connectivity index (χ3n) is 10.7. The zero-order chi connectivity index (χ0) is 39.6. The molecule has 0 aliphatic heterocycles. The fraction of sp³-hybridized carbons (Fsp3) is 0.875. The molecule has 0 heterocycles. The van der Waals surface area contributed by atoms with Crippen LogP contribution in [-0.4, -0.2) is 46.9 Å². The van der Waals surface area contributed by atoms with Gasteiger partial charge >= 0.3 is 5.97 Å². The molecule has 54 heavy (non-hydrogen) atoms. The maximum absolute atomic E-state index is 13.1. The van der Waals surface area contributed by atoms with Gasteiger partial charge in [0.1, 0.15) is 6.10 Å². The lowest BCUT2D eigenvalue weighted by Gasteiger charge is -2.24. The Labute approximate surface area is 335 Å². The SMILES string of the molecule is CCC/C=C\CCCCCC(CC(=O)NC(CO)C(O)CCCCCCCCCCCCC)OC(=O)CCCCCCC/C=C/CCCCCCCCC. The summed E-state index contributed by atoms with van der Waals surface area (Å²) in [5, 5.41) is 23.6. The van der Waals surface area contributed by atoms with Crippen molar-refractivity contribution < 1.29 is 24.5 Å². The number of unbranched alkanes of at least 4 members (excludes halogenated alkanes) is 26. The van der Waals surface area contributed by atoms with Gasteiger partial charge in [0, 0.05) is 6.42 Å². The molecule has 6 heteroatoms. The van der Waals surface area contributed by atoms with Gasteiger partial charge in [-0.2, -0.15) is 0 Å². The van der Waals surface area contributed by atoms with Crippen LogP contribution in [0.5, 0.6) is 0 Å². The Morgan fingerprint density at radius 1 is 0.519 bits per heavy atom. The second-order valence-corrected chi connectivity index (χ2v) is 16.2. The van der Waals surface area contributed by atoms with Gasteiger partial charge < -0.3 is 20.3 Å². The molecule has 0 aromatic rings. The van der Waals surface area contributed by atoms with E-state index in [0.29, 0.717) is 19.3 Å². The van der Waals surface area contributed by atoms with Gasteiger partial charge in [0.25, 0.3) is 0 Å². The van der Waals surface area contributed by atoms with Crippen molar-refractivity contribution in [2.24, 2.45) is 0 Å². The summed E-state index contributed by atoms with van der Waals surface area (Å²) in [6, 6.07) is -0.701. The topological polar surface area (TPSA) is 95.9 Å². The standard InChI is InChI=1S/C48H91NO5/c1-4-7-10-13-16-19-21-22-23-24-25-27-29-32-35-38-41-48(53)54-44(39-36-33-30-18-15-12-9-6-3)42-47(52)49-45(43-50)46(51)40-37-34-31-28-26-20-17-14-11-8-5-2/h12,15,23-24,44-46,50-51H,4-11,13-14,16-22,25-43H2,1-3H3,(H,49,52)/b15-12-,24-23+. The van der Waals surface area contributed by atoms with Gasteiger partial charge in [-0.25, -0.2) is 0 Å². The van der Waals surface area contributed by atoms with Gasteiger partial charge in [-0.1, -0.05) is 186 Å². The van der Waals surface area contributed by atoms with Crippen LogP contribution in [0.1, 0.15) is 245 Å². The van der Waals surface area contributed by atoms with Crippen LogP contribution in [0.15, 0.2) is 24.3 Å². The van der Waals surface area contributed by atoms with Gasteiger partial charge in [-0.05, 0) is 70.6 Å². The molecule has 0 saturated heterocycles. The Kier molecular flexibility index (Phi) is 41.2. The van der Waals surface area contributed by atoms with E-state index in [-0.39, 0.29) is 24.9 Å². The molecule has 0 radical (unpaired) electrons. The molecule has 3 N–H and O–H groups in total. The minimum atomic E-state index is -0.787. The molecular weight excluding hydrogens is 671 g/mol. The minimum Gasteiger partial charge on any atom is -0.462 e. The molecule has 0 aliphatic carbocycles. The van der Waals surface area contributed by atoms with Crippen molar-refractivity contribution in [3.63, 3.8) is 0 Å². The Morgan fingerprint density at radius 2 is 0.926 bits per heavy atom.